The molecule has 2 aliphatic rings. The number of rotatable bonds is 0. The minimum Gasteiger partial charge on any atom is -0.459 e. The molecule has 74 valence electrons. The van der Waals surface area contributed by atoms with Gasteiger partial charge < -0.3 is 20.1 Å². The quantitative estimate of drug-likeness (QED) is 0.399. The van der Waals surface area contributed by atoms with E-state index in [0.29, 0.717) is 6.42 Å². The summed E-state index contributed by atoms with van der Waals surface area (Å²) in [6.07, 6.45) is -3.40. The molecule has 5 heteroatoms. The molecule has 0 aromatic rings. The molecule has 13 heavy (non-hydrogen) atoms. The van der Waals surface area contributed by atoms with Crippen LogP contribution < -0.4 is 0 Å². The number of carbonyl (C=O) groups excluding carboxylic acids is 1. The maximum Gasteiger partial charge on any atom is 0.306 e. The van der Waals surface area contributed by atoms with E-state index in [2.05, 4.69) is 0 Å². The second kappa shape index (κ2) is 2.94. The van der Waals surface area contributed by atoms with Crippen LogP contribution in [0.15, 0.2) is 0 Å². The average molecular weight is 188 g/mol. The number of carbonyl (C=O) groups is 1. The largest absolute Gasteiger partial charge is 0.459 e. The Morgan fingerprint density at radius 1 is 1.23 bits per heavy atom. The van der Waals surface area contributed by atoms with Crippen LogP contribution in [0, 0.1) is 5.92 Å². The molecular weight excluding hydrogens is 176 g/mol. The monoisotopic (exact) mass is 188 g/mol. The molecule has 5 atom stereocenters. The highest BCUT2D eigenvalue weighted by atomic mass is 16.6. The van der Waals surface area contributed by atoms with E-state index >= 15 is 0 Å². The molecule has 0 aromatic heterocycles. The van der Waals surface area contributed by atoms with E-state index in [1.807, 2.05) is 0 Å². The van der Waals surface area contributed by atoms with Crippen molar-refractivity contribution in [3.05, 3.63) is 0 Å². The average Bonchev–Trinajstić information content (AvgIpc) is 2.42. The molecule has 1 saturated heterocycles. The summed E-state index contributed by atoms with van der Waals surface area (Å²) in [6.45, 7) is 0. The molecule has 3 N–H and O–H groups in total. The van der Waals surface area contributed by atoms with Crippen molar-refractivity contribution in [3.63, 3.8) is 0 Å². The molecule has 2 rings (SSSR count). The lowest BCUT2D eigenvalue weighted by Gasteiger charge is -2.35. The minimum absolute atomic E-state index is 0.152. The van der Waals surface area contributed by atoms with Crippen molar-refractivity contribution in [1.29, 1.82) is 0 Å². The van der Waals surface area contributed by atoms with Crippen LogP contribution in [0.5, 0.6) is 0 Å². The summed E-state index contributed by atoms with van der Waals surface area (Å²) in [4.78, 5) is 10.9. The van der Waals surface area contributed by atoms with Crippen LogP contribution in [0.4, 0.5) is 0 Å². The summed E-state index contributed by atoms with van der Waals surface area (Å²) in [5.41, 5.74) is 0. The number of hydrogen-bond donors (Lipinski definition) is 3. The summed E-state index contributed by atoms with van der Waals surface area (Å²) in [7, 11) is 0. The van der Waals surface area contributed by atoms with Crippen molar-refractivity contribution in [2.24, 2.45) is 5.92 Å². The van der Waals surface area contributed by atoms with Gasteiger partial charge in [-0.05, 0) is 6.42 Å². The molecule has 0 radical (unpaired) electrons. The van der Waals surface area contributed by atoms with Gasteiger partial charge in [0.2, 0.25) is 0 Å². The zero-order valence-electron chi connectivity index (χ0n) is 6.96. The fourth-order valence-corrected chi connectivity index (χ4v) is 2.06. The van der Waals surface area contributed by atoms with Gasteiger partial charge in [-0.25, -0.2) is 0 Å². The van der Waals surface area contributed by atoms with Crippen molar-refractivity contribution >= 4 is 5.97 Å². The number of esters is 1. The highest BCUT2D eigenvalue weighted by Crippen LogP contribution is 2.35. The Labute approximate surface area is 74.9 Å². The predicted molar refractivity (Wildman–Crippen MR) is 40.6 cm³/mol. The van der Waals surface area contributed by atoms with Crippen molar-refractivity contribution in [2.45, 2.75) is 37.3 Å². The van der Waals surface area contributed by atoms with Crippen molar-refractivity contribution in [3.8, 4) is 0 Å². The normalized spacial score (nSPS) is 50.1. The molecule has 2 fully saturated rings. The molecule has 1 heterocycles. The SMILES string of the molecule is O=C1C[C@@H]2C[C@H](O)[C@@H](O)[C@@H](O)[C@@H]2O1. The molecule has 0 unspecified atom stereocenters. The van der Waals surface area contributed by atoms with Gasteiger partial charge in [-0.2, -0.15) is 0 Å². The first kappa shape index (κ1) is 8.93. The lowest BCUT2D eigenvalue weighted by Crippen LogP contribution is -2.52. The van der Waals surface area contributed by atoms with Crippen LogP contribution in [0.1, 0.15) is 12.8 Å². The third-order valence-electron chi connectivity index (χ3n) is 2.79. The molecule has 0 aromatic carbocycles. The van der Waals surface area contributed by atoms with Crippen LogP contribution in [0.3, 0.4) is 0 Å². The van der Waals surface area contributed by atoms with Gasteiger partial charge in [0.15, 0.2) is 0 Å². The van der Waals surface area contributed by atoms with Crippen LogP contribution in [-0.2, 0) is 9.53 Å². The van der Waals surface area contributed by atoms with E-state index in [0.717, 1.165) is 0 Å². The van der Waals surface area contributed by atoms with Gasteiger partial charge in [0.05, 0.1) is 12.5 Å². The Balaban J connectivity index is 2.15. The van der Waals surface area contributed by atoms with Crippen LogP contribution in [0.2, 0.25) is 0 Å². The topological polar surface area (TPSA) is 87.0 Å². The van der Waals surface area contributed by atoms with E-state index in [4.69, 9.17) is 4.74 Å². The van der Waals surface area contributed by atoms with Crippen LogP contribution in [0.25, 0.3) is 0 Å². The van der Waals surface area contributed by atoms with E-state index in [-0.39, 0.29) is 18.3 Å². The number of fused-ring (bicyclic) bond motifs is 1. The first-order valence-corrected chi connectivity index (χ1v) is 4.33. The summed E-state index contributed by atoms with van der Waals surface area (Å²) >= 11 is 0. The molecule has 1 saturated carbocycles. The highest BCUT2D eigenvalue weighted by Gasteiger charge is 2.49. The highest BCUT2D eigenvalue weighted by molar-refractivity contribution is 5.72. The lowest BCUT2D eigenvalue weighted by molar-refractivity contribution is -0.165. The Kier molecular flexibility index (Phi) is 2.02. The summed E-state index contributed by atoms with van der Waals surface area (Å²) in [6, 6.07) is 0. The lowest BCUT2D eigenvalue weighted by atomic mass is 9.81. The van der Waals surface area contributed by atoms with E-state index in [1.54, 1.807) is 0 Å². The fraction of sp³-hybridized carbons (Fsp3) is 0.875. The zero-order valence-corrected chi connectivity index (χ0v) is 6.96. The van der Waals surface area contributed by atoms with E-state index in [1.165, 1.54) is 0 Å². The third-order valence-corrected chi connectivity index (χ3v) is 2.79. The standard InChI is InChI=1S/C8H12O5/c9-4-1-3-2-5(10)13-8(3)7(12)6(4)11/h3-4,6-9,11-12H,1-2H2/t3-,4-,6+,7+,8+/m0/s1. The zero-order chi connectivity index (χ0) is 9.59. The number of hydrogen-bond acceptors (Lipinski definition) is 5. The summed E-state index contributed by atoms with van der Waals surface area (Å²) in [5, 5.41) is 28.0. The number of aliphatic hydroxyl groups is 3. The van der Waals surface area contributed by atoms with Gasteiger partial charge in [0.1, 0.15) is 18.3 Å². The van der Waals surface area contributed by atoms with Crippen LogP contribution >= 0.6 is 0 Å². The van der Waals surface area contributed by atoms with Gasteiger partial charge in [-0.3, -0.25) is 4.79 Å². The first-order valence-electron chi connectivity index (χ1n) is 4.33. The molecule has 1 aliphatic heterocycles. The second-order valence-electron chi connectivity index (χ2n) is 3.70. The van der Waals surface area contributed by atoms with Gasteiger partial charge in [-0.15, -0.1) is 0 Å². The second-order valence-corrected chi connectivity index (χ2v) is 3.70. The smallest absolute Gasteiger partial charge is 0.306 e. The molecule has 1 aliphatic carbocycles. The van der Waals surface area contributed by atoms with Gasteiger partial charge >= 0.3 is 5.97 Å². The number of aliphatic hydroxyl groups excluding tert-OH is 3. The molecule has 0 amide bonds. The van der Waals surface area contributed by atoms with E-state index < -0.39 is 24.4 Å². The Hall–Kier alpha value is -0.650. The van der Waals surface area contributed by atoms with Gasteiger partial charge in [0, 0.05) is 5.92 Å². The minimum atomic E-state index is -1.20. The predicted octanol–water partition coefficient (Wildman–Crippen LogP) is -1.60. The van der Waals surface area contributed by atoms with Crippen molar-refractivity contribution in [2.75, 3.05) is 0 Å². The van der Waals surface area contributed by atoms with Gasteiger partial charge in [-0.1, -0.05) is 0 Å². The first-order chi connectivity index (χ1) is 6.09. The van der Waals surface area contributed by atoms with E-state index in [9.17, 15) is 20.1 Å². The summed E-state index contributed by atoms with van der Waals surface area (Å²) < 4.78 is 4.84. The number of ether oxygens (including phenoxy) is 1. The van der Waals surface area contributed by atoms with Crippen molar-refractivity contribution in [1.82, 2.24) is 0 Å². The third kappa shape index (κ3) is 1.33. The van der Waals surface area contributed by atoms with Crippen molar-refractivity contribution < 1.29 is 24.9 Å². The molecule has 0 bridgehead atoms. The Morgan fingerprint density at radius 2 is 1.92 bits per heavy atom. The Morgan fingerprint density at radius 3 is 2.62 bits per heavy atom. The Bertz CT molecular complexity index is 229. The molecule has 0 spiro atoms. The van der Waals surface area contributed by atoms with Crippen LogP contribution in [-0.4, -0.2) is 45.7 Å². The maximum absolute atomic E-state index is 10.9. The summed E-state index contributed by atoms with van der Waals surface area (Å²) in [5.74, 6) is -0.517. The molecular formula is C8H12O5. The van der Waals surface area contributed by atoms with Gasteiger partial charge in [0.25, 0.3) is 0 Å². The fourth-order valence-electron chi connectivity index (χ4n) is 2.06. The molecule has 5 nitrogen and oxygen atoms in total. The maximum atomic E-state index is 10.9.